The van der Waals surface area contributed by atoms with Crippen LogP contribution in [-0.4, -0.2) is 11.1 Å². The SMILES string of the molecule is O=C(O)C1=C(Oc2ccccc2)CCC12CC2. The third-order valence-electron chi connectivity index (χ3n) is 3.69. The molecule has 0 heterocycles. The molecule has 1 spiro atoms. The van der Waals surface area contributed by atoms with E-state index in [1.165, 1.54) is 0 Å². The fraction of sp³-hybridized carbons (Fsp3) is 0.357. The van der Waals surface area contributed by atoms with E-state index in [9.17, 15) is 9.90 Å². The molecule has 0 aromatic heterocycles. The number of carboxylic acids is 1. The fourth-order valence-electron chi connectivity index (χ4n) is 2.63. The Morgan fingerprint density at radius 1 is 1.18 bits per heavy atom. The number of allylic oxidation sites excluding steroid dienone is 1. The van der Waals surface area contributed by atoms with E-state index in [2.05, 4.69) is 0 Å². The van der Waals surface area contributed by atoms with Gasteiger partial charge in [-0.15, -0.1) is 0 Å². The van der Waals surface area contributed by atoms with Gasteiger partial charge in [0.2, 0.25) is 0 Å². The Morgan fingerprint density at radius 2 is 1.88 bits per heavy atom. The molecule has 1 N–H and O–H groups in total. The first kappa shape index (κ1) is 10.4. The normalized spacial score (nSPS) is 20.7. The van der Waals surface area contributed by atoms with E-state index in [1.807, 2.05) is 30.3 Å². The maximum atomic E-state index is 11.3. The van der Waals surface area contributed by atoms with Crippen LogP contribution in [0.15, 0.2) is 41.7 Å². The van der Waals surface area contributed by atoms with Gasteiger partial charge in [-0.25, -0.2) is 4.79 Å². The molecule has 0 unspecified atom stereocenters. The molecule has 1 aromatic carbocycles. The number of carbonyl (C=O) groups is 1. The molecular formula is C14H14O3. The van der Waals surface area contributed by atoms with Crippen LogP contribution in [0.3, 0.4) is 0 Å². The first-order valence-electron chi connectivity index (χ1n) is 5.91. The fourth-order valence-corrected chi connectivity index (χ4v) is 2.63. The lowest BCUT2D eigenvalue weighted by Gasteiger charge is -2.09. The van der Waals surface area contributed by atoms with Gasteiger partial charge in [0.05, 0.1) is 5.57 Å². The molecule has 0 bridgehead atoms. The minimum Gasteiger partial charge on any atom is -0.478 e. The number of aliphatic carboxylic acids is 1. The van der Waals surface area contributed by atoms with Crippen molar-refractivity contribution in [3.8, 4) is 5.75 Å². The van der Waals surface area contributed by atoms with Gasteiger partial charge >= 0.3 is 5.97 Å². The third kappa shape index (κ3) is 1.71. The molecule has 2 aliphatic carbocycles. The molecule has 3 rings (SSSR count). The molecule has 2 aliphatic rings. The van der Waals surface area contributed by atoms with Crippen molar-refractivity contribution in [2.75, 3.05) is 0 Å². The summed E-state index contributed by atoms with van der Waals surface area (Å²) >= 11 is 0. The molecule has 88 valence electrons. The summed E-state index contributed by atoms with van der Waals surface area (Å²) in [5, 5.41) is 9.30. The summed E-state index contributed by atoms with van der Waals surface area (Å²) in [7, 11) is 0. The summed E-state index contributed by atoms with van der Waals surface area (Å²) in [5.74, 6) is 0.561. The largest absolute Gasteiger partial charge is 0.478 e. The lowest BCUT2D eigenvalue weighted by Crippen LogP contribution is -2.11. The van der Waals surface area contributed by atoms with Crippen molar-refractivity contribution < 1.29 is 14.6 Å². The van der Waals surface area contributed by atoms with E-state index < -0.39 is 5.97 Å². The van der Waals surface area contributed by atoms with Crippen molar-refractivity contribution in [2.24, 2.45) is 5.41 Å². The molecule has 3 heteroatoms. The Morgan fingerprint density at radius 3 is 2.47 bits per heavy atom. The van der Waals surface area contributed by atoms with Crippen molar-refractivity contribution in [3.63, 3.8) is 0 Å². The first-order chi connectivity index (χ1) is 8.21. The zero-order chi connectivity index (χ0) is 11.9. The van der Waals surface area contributed by atoms with Gasteiger partial charge < -0.3 is 9.84 Å². The molecule has 17 heavy (non-hydrogen) atoms. The minimum absolute atomic E-state index is 0.0596. The summed E-state index contributed by atoms with van der Waals surface area (Å²) in [6.45, 7) is 0. The summed E-state index contributed by atoms with van der Waals surface area (Å²) < 4.78 is 5.72. The molecular weight excluding hydrogens is 216 g/mol. The van der Waals surface area contributed by atoms with E-state index >= 15 is 0 Å². The highest BCUT2D eigenvalue weighted by Gasteiger charge is 2.54. The van der Waals surface area contributed by atoms with Crippen LogP contribution >= 0.6 is 0 Å². The first-order valence-corrected chi connectivity index (χ1v) is 5.91. The van der Waals surface area contributed by atoms with Crippen molar-refractivity contribution in [1.29, 1.82) is 0 Å². The zero-order valence-corrected chi connectivity index (χ0v) is 9.48. The van der Waals surface area contributed by atoms with Crippen LogP contribution < -0.4 is 4.74 Å². The third-order valence-corrected chi connectivity index (χ3v) is 3.69. The molecule has 0 radical (unpaired) electrons. The van der Waals surface area contributed by atoms with Crippen LogP contribution in [0.4, 0.5) is 0 Å². The zero-order valence-electron chi connectivity index (χ0n) is 9.48. The second-order valence-electron chi connectivity index (χ2n) is 4.80. The molecule has 1 saturated carbocycles. The maximum absolute atomic E-state index is 11.3. The number of hydrogen-bond acceptors (Lipinski definition) is 2. The van der Waals surface area contributed by atoms with Crippen LogP contribution in [0.25, 0.3) is 0 Å². The summed E-state index contributed by atoms with van der Waals surface area (Å²) in [4.78, 5) is 11.3. The summed E-state index contributed by atoms with van der Waals surface area (Å²) in [6.07, 6.45) is 3.67. The number of carboxylic acid groups (broad SMARTS) is 1. The topological polar surface area (TPSA) is 46.5 Å². The second kappa shape index (κ2) is 3.62. The monoisotopic (exact) mass is 230 g/mol. The molecule has 1 aromatic rings. The summed E-state index contributed by atoms with van der Waals surface area (Å²) in [5.41, 5.74) is 0.456. The van der Waals surface area contributed by atoms with Crippen LogP contribution in [0.5, 0.6) is 5.75 Å². The highest BCUT2D eigenvalue weighted by atomic mass is 16.5. The van der Waals surface area contributed by atoms with E-state index in [0.717, 1.165) is 31.4 Å². The van der Waals surface area contributed by atoms with Crippen LogP contribution in [0.1, 0.15) is 25.7 Å². The minimum atomic E-state index is -0.814. The molecule has 0 atom stereocenters. The van der Waals surface area contributed by atoms with Gasteiger partial charge in [0, 0.05) is 11.8 Å². The number of benzene rings is 1. The summed E-state index contributed by atoms with van der Waals surface area (Å²) in [6, 6.07) is 9.39. The smallest absolute Gasteiger partial charge is 0.335 e. The average molecular weight is 230 g/mol. The quantitative estimate of drug-likeness (QED) is 0.868. The van der Waals surface area contributed by atoms with E-state index in [0.29, 0.717) is 11.3 Å². The van der Waals surface area contributed by atoms with Gasteiger partial charge in [0.15, 0.2) is 0 Å². The Balaban J connectivity index is 1.91. The Hall–Kier alpha value is -1.77. The van der Waals surface area contributed by atoms with E-state index in [4.69, 9.17) is 4.74 Å². The Kier molecular flexibility index (Phi) is 2.21. The van der Waals surface area contributed by atoms with Crippen molar-refractivity contribution in [3.05, 3.63) is 41.7 Å². The average Bonchev–Trinajstić information content (AvgIpc) is 2.98. The lowest BCUT2D eigenvalue weighted by atomic mass is 9.99. The molecule has 3 nitrogen and oxygen atoms in total. The Labute approximate surface area is 99.7 Å². The Bertz CT molecular complexity index is 483. The van der Waals surface area contributed by atoms with Crippen molar-refractivity contribution >= 4 is 5.97 Å². The number of hydrogen-bond donors (Lipinski definition) is 1. The molecule has 0 aliphatic heterocycles. The van der Waals surface area contributed by atoms with Crippen LogP contribution in [0.2, 0.25) is 0 Å². The van der Waals surface area contributed by atoms with Crippen molar-refractivity contribution in [1.82, 2.24) is 0 Å². The molecule has 0 amide bonds. The van der Waals surface area contributed by atoms with Gasteiger partial charge in [0.25, 0.3) is 0 Å². The second-order valence-corrected chi connectivity index (χ2v) is 4.80. The van der Waals surface area contributed by atoms with Gasteiger partial charge in [0.1, 0.15) is 11.5 Å². The van der Waals surface area contributed by atoms with E-state index in [1.54, 1.807) is 0 Å². The van der Waals surface area contributed by atoms with Gasteiger partial charge in [-0.05, 0) is 31.4 Å². The van der Waals surface area contributed by atoms with Gasteiger partial charge in [-0.1, -0.05) is 18.2 Å². The molecule has 0 saturated heterocycles. The predicted octanol–water partition coefficient (Wildman–Crippen LogP) is 2.98. The van der Waals surface area contributed by atoms with E-state index in [-0.39, 0.29) is 5.41 Å². The van der Waals surface area contributed by atoms with Gasteiger partial charge in [-0.2, -0.15) is 0 Å². The standard InChI is InChI=1S/C14H14O3/c15-13(16)12-11(6-7-14(12)8-9-14)17-10-4-2-1-3-5-10/h1-5H,6-9H2,(H,15,16). The highest BCUT2D eigenvalue weighted by Crippen LogP contribution is 2.60. The maximum Gasteiger partial charge on any atom is 0.335 e. The number of rotatable bonds is 3. The molecule has 1 fully saturated rings. The van der Waals surface area contributed by atoms with Gasteiger partial charge in [-0.3, -0.25) is 0 Å². The number of ether oxygens (including phenoxy) is 1. The van der Waals surface area contributed by atoms with Crippen LogP contribution in [0, 0.1) is 5.41 Å². The lowest BCUT2D eigenvalue weighted by molar-refractivity contribution is -0.133. The van der Waals surface area contributed by atoms with Crippen molar-refractivity contribution in [2.45, 2.75) is 25.7 Å². The van der Waals surface area contributed by atoms with Crippen LogP contribution in [-0.2, 0) is 4.79 Å². The highest BCUT2D eigenvalue weighted by molar-refractivity contribution is 5.90. The predicted molar refractivity (Wildman–Crippen MR) is 62.6 cm³/mol. The number of para-hydroxylation sites is 1.